The van der Waals surface area contributed by atoms with E-state index in [1.165, 1.54) is 0 Å². The number of carbonyl (C=O) groups excluding carboxylic acids is 1. The summed E-state index contributed by atoms with van der Waals surface area (Å²) >= 11 is 11.7. The van der Waals surface area contributed by atoms with E-state index in [2.05, 4.69) is 0 Å². The van der Waals surface area contributed by atoms with Gasteiger partial charge in [-0.25, -0.2) is 0 Å². The Balaban J connectivity index is 2.37. The summed E-state index contributed by atoms with van der Waals surface area (Å²) in [5, 5.41) is 0.994. The van der Waals surface area contributed by atoms with Gasteiger partial charge in [-0.3, -0.25) is 4.79 Å². The lowest BCUT2D eigenvalue weighted by atomic mass is 10.1. The number of hydrogen-bond acceptors (Lipinski definition) is 2. The van der Waals surface area contributed by atoms with E-state index in [1.807, 2.05) is 13.0 Å². The maximum absolute atomic E-state index is 11.6. The van der Waals surface area contributed by atoms with Crippen molar-refractivity contribution >= 4 is 29.0 Å². The molecular weight excluding hydrogens is 259 g/mol. The molecule has 0 bridgehead atoms. The average molecular weight is 275 g/mol. The maximum atomic E-state index is 11.6. The fourth-order valence-corrected chi connectivity index (χ4v) is 1.72. The van der Waals surface area contributed by atoms with Crippen LogP contribution in [-0.2, 0) is 16.0 Å². The molecule has 0 unspecified atom stereocenters. The van der Waals surface area contributed by atoms with E-state index in [0.29, 0.717) is 36.1 Å². The molecule has 4 heteroatoms. The van der Waals surface area contributed by atoms with Gasteiger partial charge >= 0.3 is 0 Å². The Morgan fingerprint density at radius 3 is 2.65 bits per heavy atom. The predicted octanol–water partition coefficient (Wildman–Crippen LogP) is 3.92. The first-order valence-corrected chi connectivity index (χ1v) is 6.42. The summed E-state index contributed by atoms with van der Waals surface area (Å²) in [7, 11) is 0. The average Bonchev–Trinajstić information content (AvgIpc) is 2.30. The van der Waals surface area contributed by atoms with Crippen molar-refractivity contribution in [2.24, 2.45) is 0 Å². The lowest BCUT2D eigenvalue weighted by Crippen LogP contribution is -2.07. The Kier molecular flexibility index (Phi) is 6.56. The molecule has 0 radical (unpaired) electrons. The molecule has 0 atom stereocenters. The molecule has 0 aromatic heterocycles. The van der Waals surface area contributed by atoms with Crippen LogP contribution in [0.2, 0.25) is 10.0 Å². The predicted molar refractivity (Wildman–Crippen MR) is 70.9 cm³/mol. The van der Waals surface area contributed by atoms with Crippen molar-refractivity contribution in [2.75, 3.05) is 13.2 Å². The summed E-state index contributed by atoms with van der Waals surface area (Å²) < 4.78 is 5.27. The van der Waals surface area contributed by atoms with Crippen LogP contribution in [0.1, 0.15) is 25.3 Å². The minimum atomic E-state index is 0.152. The molecule has 0 amide bonds. The molecule has 0 spiro atoms. The Labute approximate surface area is 112 Å². The Hall–Kier alpha value is -0.570. The van der Waals surface area contributed by atoms with E-state index < -0.39 is 0 Å². The van der Waals surface area contributed by atoms with Gasteiger partial charge < -0.3 is 4.74 Å². The SMILES string of the molecule is CCCOCCC(=O)Cc1ccc(Cl)c(Cl)c1. The summed E-state index contributed by atoms with van der Waals surface area (Å²) in [6.45, 7) is 3.24. The lowest BCUT2D eigenvalue weighted by molar-refractivity contribution is -0.119. The van der Waals surface area contributed by atoms with Crippen LogP contribution in [0.15, 0.2) is 18.2 Å². The highest BCUT2D eigenvalue weighted by Crippen LogP contribution is 2.22. The molecule has 0 aliphatic heterocycles. The van der Waals surface area contributed by atoms with Gasteiger partial charge in [0, 0.05) is 19.4 Å². The fourth-order valence-electron chi connectivity index (χ4n) is 1.40. The Morgan fingerprint density at radius 2 is 2.00 bits per heavy atom. The highest BCUT2D eigenvalue weighted by Gasteiger charge is 2.05. The van der Waals surface area contributed by atoms with Gasteiger partial charge in [-0.1, -0.05) is 36.2 Å². The first-order chi connectivity index (χ1) is 8.13. The lowest BCUT2D eigenvalue weighted by Gasteiger charge is -2.04. The van der Waals surface area contributed by atoms with Crippen molar-refractivity contribution in [1.29, 1.82) is 0 Å². The number of benzene rings is 1. The number of ether oxygens (including phenoxy) is 1. The van der Waals surface area contributed by atoms with Crippen LogP contribution in [-0.4, -0.2) is 19.0 Å². The van der Waals surface area contributed by atoms with E-state index in [0.717, 1.165) is 12.0 Å². The molecule has 0 N–H and O–H groups in total. The highest BCUT2D eigenvalue weighted by molar-refractivity contribution is 6.42. The zero-order valence-corrected chi connectivity index (χ0v) is 11.4. The second kappa shape index (κ2) is 7.70. The number of halogens is 2. The molecule has 1 rings (SSSR count). The van der Waals surface area contributed by atoms with E-state index >= 15 is 0 Å². The summed E-state index contributed by atoms with van der Waals surface area (Å²) in [6.07, 6.45) is 1.80. The van der Waals surface area contributed by atoms with E-state index in [-0.39, 0.29) is 5.78 Å². The number of carbonyl (C=O) groups is 1. The number of rotatable bonds is 7. The molecule has 0 aliphatic carbocycles. The molecule has 0 saturated carbocycles. The minimum absolute atomic E-state index is 0.152. The molecule has 1 aromatic carbocycles. The molecule has 0 aliphatic rings. The van der Waals surface area contributed by atoms with E-state index in [4.69, 9.17) is 27.9 Å². The molecule has 1 aromatic rings. The molecular formula is C13H16Cl2O2. The van der Waals surface area contributed by atoms with Gasteiger partial charge in [0.1, 0.15) is 5.78 Å². The van der Waals surface area contributed by atoms with Gasteiger partial charge in [-0.05, 0) is 24.1 Å². The quantitative estimate of drug-likeness (QED) is 0.705. The second-order valence-corrected chi connectivity index (χ2v) is 4.64. The number of ketones is 1. The van der Waals surface area contributed by atoms with Crippen molar-refractivity contribution in [1.82, 2.24) is 0 Å². The van der Waals surface area contributed by atoms with Gasteiger partial charge in [-0.15, -0.1) is 0 Å². The molecule has 0 heterocycles. The van der Waals surface area contributed by atoms with Gasteiger partial charge in [0.05, 0.1) is 16.7 Å². The molecule has 94 valence electrons. The summed E-state index contributed by atoms with van der Waals surface area (Å²) in [4.78, 5) is 11.6. The van der Waals surface area contributed by atoms with Gasteiger partial charge in [0.2, 0.25) is 0 Å². The zero-order valence-electron chi connectivity index (χ0n) is 9.84. The summed E-state index contributed by atoms with van der Waals surface area (Å²) in [5.41, 5.74) is 0.889. The van der Waals surface area contributed by atoms with Crippen LogP contribution < -0.4 is 0 Å². The standard InChI is InChI=1S/C13H16Cl2O2/c1-2-6-17-7-5-11(16)8-10-3-4-12(14)13(15)9-10/h3-4,9H,2,5-8H2,1H3. The monoisotopic (exact) mass is 274 g/mol. The minimum Gasteiger partial charge on any atom is -0.381 e. The fraction of sp³-hybridized carbons (Fsp3) is 0.462. The van der Waals surface area contributed by atoms with Crippen molar-refractivity contribution in [3.05, 3.63) is 33.8 Å². The first kappa shape index (κ1) is 14.5. The van der Waals surface area contributed by atoms with Crippen LogP contribution >= 0.6 is 23.2 Å². The van der Waals surface area contributed by atoms with Crippen molar-refractivity contribution in [2.45, 2.75) is 26.2 Å². The van der Waals surface area contributed by atoms with Crippen LogP contribution in [0.25, 0.3) is 0 Å². The summed E-state index contributed by atoms with van der Waals surface area (Å²) in [5.74, 6) is 0.152. The van der Waals surface area contributed by atoms with Gasteiger partial charge in [-0.2, -0.15) is 0 Å². The van der Waals surface area contributed by atoms with Crippen LogP contribution in [0.3, 0.4) is 0 Å². The number of hydrogen-bond donors (Lipinski definition) is 0. The molecule has 0 fully saturated rings. The van der Waals surface area contributed by atoms with E-state index in [1.54, 1.807) is 12.1 Å². The normalized spacial score (nSPS) is 10.5. The molecule has 0 saturated heterocycles. The Bertz CT molecular complexity index is 378. The third kappa shape index (κ3) is 5.53. The second-order valence-electron chi connectivity index (χ2n) is 3.83. The third-order valence-electron chi connectivity index (χ3n) is 2.26. The van der Waals surface area contributed by atoms with Crippen LogP contribution in [0.5, 0.6) is 0 Å². The maximum Gasteiger partial charge on any atom is 0.139 e. The van der Waals surface area contributed by atoms with Crippen molar-refractivity contribution < 1.29 is 9.53 Å². The topological polar surface area (TPSA) is 26.3 Å². The van der Waals surface area contributed by atoms with Crippen LogP contribution in [0.4, 0.5) is 0 Å². The van der Waals surface area contributed by atoms with E-state index in [9.17, 15) is 4.79 Å². The highest BCUT2D eigenvalue weighted by atomic mass is 35.5. The molecule has 2 nitrogen and oxygen atoms in total. The largest absolute Gasteiger partial charge is 0.381 e. The summed E-state index contributed by atoms with van der Waals surface area (Å²) in [6, 6.07) is 5.26. The van der Waals surface area contributed by atoms with Crippen molar-refractivity contribution in [3.8, 4) is 0 Å². The smallest absolute Gasteiger partial charge is 0.139 e. The third-order valence-corrected chi connectivity index (χ3v) is 3.00. The first-order valence-electron chi connectivity index (χ1n) is 5.67. The van der Waals surface area contributed by atoms with Gasteiger partial charge in [0.25, 0.3) is 0 Å². The zero-order chi connectivity index (χ0) is 12.7. The number of Topliss-reactive ketones (excluding diaryl/α,β-unsaturated/α-hetero) is 1. The van der Waals surface area contributed by atoms with Gasteiger partial charge in [0.15, 0.2) is 0 Å². The molecule has 17 heavy (non-hydrogen) atoms. The Morgan fingerprint density at radius 1 is 1.24 bits per heavy atom. The van der Waals surface area contributed by atoms with Crippen LogP contribution in [0, 0.1) is 0 Å². The van der Waals surface area contributed by atoms with Crippen molar-refractivity contribution in [3.63, 3.8) is 0 Å².